The minimum atomic E-state index is -3.77. The van der Waals surface area contributed by atoms with Crippen molar-refractivity contribution in [2.75, 3.05) is 11.6 Å². The van der Waals surface area contributed by atoms with E-state index in [1.165, 1.54) is 42.6 Å². The number of benzene rings is 2. The van der Waals surface area contributed by atoms with E-state index >= 15 is 0 Å². The number of hydrogen-bond donors (Lipinski definition) is 1. The highest BCUT2D eigenvalue weighted by Crippen LogP contribution is 2.27. The largest absolute Gasteiger partial charge is 0.439 e. The molecule has 1 N–H and O–H groups in total. The zero-order valence-electron chi connectivity index (χ0n) is 15.2. The number of nitro groups is 1. The van der Waals surface area contributed by atoms with Gasteiger partial charge in [0.2, 0.25) is 5.88 Å². The zero-order chi connectivity index (χ0) is 21.0. The van der Waals surface area contributed by atoms with E-state index in [4.69, 9.17) is 4.74 Å². The summed E-state index contributed by atoms with van der Waals surface area (Å²) in [6.45, 7) is 0.295. The number of ether oxygens (including phenoxy) is 1. The number of aromatic nitrogens is 1. The maximum Gasteiger partial charge on any atom is 0.288 e. The standard InChI is InChI=1S/C19H16FN3O5S/c1-29(26,27)18-11-15(4-7-17(18)23(24)25)22-12-13-8-9-21-19(10-13)28-16-5-2-14(20)3-6-16/h2-11,22H,12H2,1H3. The third-order valence-corrected chi connectivity index (χ3v) is 5.01. The van der Waals surface area contributed by atoms with Crippen LogP contribution in [-0.4, -0.2) is 24.6 Å². The molecule has 0 aliphatic heterocycles. The topological polar surface area (TPSA) is 111 Å². The van der Waals surface area contributed by atoms with Crippen molar-refractivity contribution in [3.05, 3.63) is 82.3 Å². The Morgan fingerprint density at radius 1 is 1.14 bits per heavy atom. The van der Waals surface area contributed by atoms with Crippen LogP contribution in [0.25, 0.3) is 0 Å². The summed E-state index contributed by atoms with van der Waals surface area (Å²) in [6.07, 6.45) is 2.45. The fourth-order valence-electron chi connectivity index (χ4n) is 2.52. The first-order valence-corrected chi connectivity index (χ1v) is 10.2. The van der Waals surface area contributed by atoms with Crippen LogP contribution in [0.4, 0.5) is 15.8 Å². The maximum atomic E-state index is 13.0. The predicted molar refractivity (Wildman–Crippen MR) is 104 cm³/mol. The third-order valence-electron chi connectivity index (χ3n) is 3.89. The number of pyridine rings is 1. The van der Waals surface area contributed by atoms with E-state index in [9.17, 15) is 22.9 Å². The Labute approximate surface area is 166 Å². The highest BCUT2D eigenvalue weighted by Gasteiger charge is 2.22. The molecule has 0 spiro atoms. The van der Waals surface area contributed by atoms with Crippen molar-refractivity contribution < 1.29 is 22.5 Å². The molecule has 1 heterocycles. The fraction of sp³-hybridized carbons (Fsp3) is 0.105. The van der Waals surface area contributed by atoms with Gasteiger partial charge < -0.3 is 10.1 Å². The van der Waals surface area contributed by atoms with Crippen molar-refractivity contribution in [1.29, 1.82) is 0 Å². The molecule has 0 unspecified atom stereocenters. The zero-order valence-corrected chi connectivity index (χ0v) is 16.0. The molecule has 10 heteroatoms. The van der Waals surface area contributed by atoms with Gasteiger partial charge in [0.1, 0.15) is 16.5 Å². The molecule has 8 nitrogen and oxygen atoms in total. The molecule has 2 aromatic carbocycles. The number of anilines is 1. The molecule has 0 saturated heterocycles. The normalized spacial score (nSPS) is 11.1. The Kier molecular flexibility index (Phi) is 5.74. The van der Waals surface area contributed by atoms with Crippen molar-refractivity contribution in [1.82, 2.24) is 4.98 Å². The van der Waals surface area contributed by atoms with Crippen LogP contribution in [0, 0.1) is 15.9 Å². The number of nitro benzene ring substituents is 1. The number of sulfone groups is 1. The minimum absolute atomic E-state index is 0.295. The van der Waals surface area contributed by atoms with Gasteiger partial charge in [0, 0.05) is 36.8 Å². The minimum Gasteiger partial charge on any atom is -0.439 e. The summed E-state index contributed by atoms with van der Waals surface area (Å²) in [5.41, 5.74) is 0.710. The van der Waals surface area contributed by atoms with E-state index in [2.05, 4.69) is 10.3 Å². The van der Waals surface area contributed by atoms with E-state index < -0.39 is 20.4 Å². The number of nitrogens with zero attached hydrogens (tertiary/aromatic N) is 2. The molecule has 0 atom stereocenters. The lowest BCUT2D eigenvalue weighted by Crippen LogP contribution is -2.05. The summed E-state index contributed by atoms with van der Waals surface area (Å²) >= 11 is 0. The van der Waals surface area contributed by atoms with Gasteiger partial charge in [-0.15, -0.1) is 0 Å². The van der Waals surface area contributed by atoms with Gasteiger partial charge in [-0.3, -0.25) is 10.1 Å². The fourth-order valence-corrected chi connectivity index (χ4v) is 3.38. The van der Waals surface area contributed by atoms with Gasteiger partial charge in [-0.2, -0.15) is 0 Å². The van der Waals surface area contributed by atoms with Crippen LogP contribution in [0.5, 0.6) is 11.6 Å². The van der Waals surface area contributed by atoms with Gasteiger partial charge in [-0.05, 0) is 48.0 Å². The smallest absolute Gasteiger partial charge is 0.288 e. The lowest BCUT2D eigenvalue weighted by Gasteiger charge is -2.10. The van der Waals surface area contributed by atoms with E-state index in [0.29, 0.717) is 23.9 Å². The second-order valence-corrected chi connectivity index (χ2v) is 8.11. The van der Waals surface area contributed by atoms with Gasteiger partial charge in [-0.25, -0.2) is 17.8 Å². The van der Waals surface area contributed by atoms with Gasteiger partial charge in [0.15, 0.2) is 9.84 Å². The highest BCUT2D eigenvalue weighted by molar-refractivity contribution is 7.90. The van der Waals surface area contributed by atoms with Crippen LogP contribution < -0.4 is 10.1 Å². The number of rotatable bonds is 7. The lowest BCUT2D eigenvalue weighted by molar-refractivity contribution is -0.387. The molecule has 150 valence electrons. The SMILES string of the molecule is CS(=O)(=O)c1cc(NCc2ccnc(Oc3ccc(F)cc3)c2)ccc1[N+](=O)[O-]. The molecule has 3 aromatic rings. The summed E-state index contributed by atoms with van der Waals surface area (Å²) in [6, 6.07) is 12.7. The Balaban J connectivity index is 1.75. The summed E-state index contributed by atoms with van der Waals surface area (Å²) in [5.74, 6) is 0.355. The van der Waals surface area contributed by atoms with Gasteiger partial charge in [-0.1, -0.05) is 0 Å². The monoisotopic (exact) mass is 417 g/mol. The Morgan fingerprint density at radius 2 is 1.86 bits per heavy atom. The number of halogens is 1. The average Bonchev–Trinajstić information content (AvgIpc) is 2.67. The van der Waals surface area contributed by atoms with Crippen LogP contribution in [0.2, 0.25) is 0 Å². The second-order valence-electron chi connectivity index (χ2n) is 6.12. The highest BCUT2D eigenvalue weighted by atomic mass is 32.2. The van der Waals surface area contributed by atoms with E-state index in [0.717, 1.165) is 17.9 Å². The Hall–Kier alpha value is -3.53. The van der Waals surface area contributed by atoms with Crippen molar-refractivity contribution in [2.45, 2.75) is 11.4 Å². The maximum absolute atomic E-state index is 13.0. The second kappa shape index (κ2) is 8.23. The molecule has 0 bridgehead atoms. The first kappa shape index (κ1) is 20.2. The average molecular weight is 417 g/mol. The van der Waals surface area contributed by atoms with Crippen molar-refractivity contribution in [2.24, 2.45) is 0 Å². The molecule has 0 amide bonds. The quantitative estimate of drug-likeness (QED) is 0.458. The molecule has 0 radical (unpaired) electrons. The van der Waals surface area contributed by atoms with Crippen LogP contribution in [0.15, 0.2) is 65.7 Å². The van der Waals surface area contributed by atoms with Crippen LogP contribution >= 0.6 is 0 Å². The van der Waals surface area contributed by atoms with E-state index in [1.54, 1.807) is 12.1 Å². The molecule has 3 rings (SSSR count). The van der Waals surface area contributed by atoms with Crippen molar-refractivity contribution in [3.8, 4) is 11.6 Å². The van der Waals surface area contributed by atoms with Gasteiger partial charge >= 0.3 is 0 Å². The van der Waals surface area contributed by atoms with E-state index in [1.807, 2.05) is 0 Å². The summed E-state index contributed by atoms with van der Waals surface area (Å²) in [7, 11) is -3.77. The summed E-state index contributed by atoms with van der Waals surface area (Å²) in [5, 5.41) is 14.1. The van der Waals surface area contributed by atoms with E-state index in [-0.39, 0.29) is 10.7 Å². The Bertz CT molecular complexity index is 1150. The third kappa shape index (κ3) is 5.26. The summed E-state index contributed by atoms with van der Waals surface area (Å²) < 4.78 is 42.2. The lowest BCUT2D eigenvalue weighted by atomic mass is 10.2. The molecule has 29 heavy (non-hydrogen) atoms. The predicted octanol–water partition coefficient (Wildman–Crippen LogP) is 3.94. The number of hydrogen-bond acceptors (Lipinski definition) is 7. The van der Waals surface area contributed by atoms with Gasteiger partial charge in [0.05, 0.1) is 4.92 Å². The first-order valence-electron chi connectivity index (χ1n) is 8.33. The van der Waals surface area contributed by atoms with Crippen LogP contribution in [0.3, 0.4) is 0 Å². The van der Waals surface area contributed by atoms with Gasteiger partial charge in [0.25, 0.3) is 5.69 Å². The molecule has 0 aliphatic rings. The van der Waals surface area contributed by atoms with Crippen molar-refractivity contribution in [3.63, 3.8) is 0 Å². The molecular formula is C19H16FN3O5S. The molecule has 0 fully saturated rings. The Morgan fingerprint density at radius 3 is 2.52 bits per heavy atom. The molecule has 0 aliphatic carbocycles. The molecule has 1 aromatic heterocycles. The van der Waals surface area contributed by atoms with Crippen LogP contribution in [0.1, 0.15) is 5.56 Å². The first-order chi connectivity index (χ1) is 13.7. The summed E-state index contributed by atoms with van der Waals surface area (Å²) in [4.78, 5) is 14.0. The molecular weight excluding hydrogens is 401 g/mol. The van der Waals surface area contributed by atoms with Crippen molar-refractivity contribution >= 4 is 21.2 Å². The number of nitrogens with one attached hydrogen (secondary N) is 1. The van der Waals surface area contributed by atoms with Crippen LogP contribution in [-0.2, 0) is 16.4 Å². The molecule has 0 saturated carbocycles.